The van der Waals surface area contributed by atoms with E-state index in [0.29, 0.717) is 0 Å². The summed E-state index contributed by atoms with van der Waals surface area (Å²) in [5, 5.41) is 5.57. The summed E-state index contributed by atoms with van der Waals surface area (Å²) in [7, 11) is 3.66. The van der Waals surface area contributed by atoms with E-state index in [9.17, 15) is 4.79 Å². The van der Waals surface area contributed by atoms with Gasteiger partial charge in [-0.1, -0.05) is 0 Å². The molecule has 0 aliphatic carbocycles. The van der Waals surface area contributed by atoms with Crippen LogP contribution in [-0.4, -0.2) is 16.8 Å². The molecule has 0 amide bonds. The first-order valence-corrected chi connectivity index (χ1v) is 3.13. The van der Waals surface area contributed by atoms with E-state index in [1.165, 1.54) is 0 Å². The van der Waals surface area contributed by atoms with Gasteiger partial charge in [-0.25, -0.2) is 0 Å². The van der Waals surface area contributed by atoms with Crippen molar-refractivity contribution in [2.75, 3.05) is 7.05 Å². The van der Waals surface area contributed by atoms with Crippen molar-refractivity contribution in [2.24, 2.45) is 7.05 Å². The van der Waals surface area contributed by atoms with Gasteiger partial charge in [-0.15, -0.1) is 0 Å². The molecule has 0 unspecified atom stereocenters. The van der Waals surface area contributed by atoms with Gasteiger partial charge in [0.2, 0.25) is 0 Å². The molecule has 2 N–H and O–H groups in total. The number of H-pyrrole nitrogens is 1. The Hall–Kier alpha value is -1.03. The second-order valence-corrected chi connectivity index (χ2v) is 2.20. The summed E-state index contributed by atoms with van der Waals surface area (Å²) in [4.78, 5) is 10.7. The van der Waals surface area contributed by atoms with Crippen molar-refractivity contribution in [1.29, 1.82) is 0 Å². The zero-order valence-electron chi connectivity index (χ0n) is 6.14. The Bertz CT molecular complexity index is 260. The molecule has 0 spiro atoms. The van der Waals surface area contributed by atoms with Crippen LogP contribution in [0.1, 0.15) is 5.69 Å². The molecular weight excluding hydrogens is 130 g/mol. The third-order valence-corrected chi connectivity index (χ3v) is 1.36. The second-order valence-electron chi connectivity index (χ2n) is 2.20. The number of hydrogen-bond acceptors (Lipinski definition) is 2. The fourth-order valence-corrected chi connectivity index (χ4v) is 0.868. The van der Waals surface area contributed by atoms with Crippen LogP contribution >= 0.6 is 0 Å². The molecule has 1 rings (SSSR count). The molecule has 1 aromatic heterocycles. The third-order valence-electron chi connectivity index (χ3n) is 1.36. The van der Waals surface area contributed by atoms with Gasteiger partial charge >= 0.3 is 0 Å². The standard InChI is InChI=1S/C6H11N3O/c1-7-4-5-3-6(10)8-9(5)2/h3,7H,4H2,1-2H3,(H,8,10). The molecule has 0 atom stereocenters. The molecular formula is C6H11N3O. The van der Waals surface area contributed by atoms with Crippen LogP contribution < -0.4 is 10.9 Å². The molecule has 1 aromatic rings. The summed E-state index contributed by atoms with van der Waals surface area (Å²) in [5.41, 5.74) is 0.917. The summed E-state index contributed by atoms with van der Waals surface area (Å²) in [6, 6.07) is 1.58. The van der Waals surface area contributed by atoms with Crippen molar-refractivity contribution in [1.82, 2.24) is 15.1 Å². The minimum absolute atomic E-state index is 0.0484. The van der Waals surface area contributed by atoms with Crippen molar-refractivity contribution < 1.29 is 0 Å². The lowest BCUT2D eigenvalue weighted by Gasteiger charge is -1.98. The quantitative estimate of drug-likeness (QED) is 0.579. The van der Waals surface area contributed by atoms with Crippen LogP contribution in [0.5, 0.6) is 0 Å². The fraction of sp³-hybridized carbons (Fsp3) is 0.500. The number of aromatic nitrogens is 2. The van der Waals surface area contributed by atoms with E-state index in [4.69, 9.17) is 0 Å². The molecule has 4 nitrogen and oxygen atoms in total. The van der Waals surface area contributed by atoms with Crippen molar-refractivity contribution in [3.05, 3.63) is 22.1 Å². The summed E-state index contributed by atoms with van der Waals surface area (Å²) in [6.45, 7) is 0.717. The Kier molecular flexibility index (Phi) is 1.91. The molecule has 0 aromatic carbocycles. The zero-order chi connectivity index (χ0) is 7.56. The highest BCUT2D eigenvalue weighted by atomic mass is 16.1. The van der Waals surface area contributed by atoms with Gasteiger partial charge in [-0.2, -0.15) is 0 Å². The Morgan fingerprint density at radius 1 is 1.80 bits per heavy atom. The van der Waals surface area contributed by atoms with Crippen molar-refractivity contribution in [3.63, 3.8) is 0 Å². The van der Waals surface area contributed by atoms with Gasteiger partial charge in [-0.3, -0.25) is 14.6 Å². The van der Waals surface area contributed by atoms with Crippen LogP contribution in [0.4, 0.5) is 0 Å². The molecule has 10 heavy (non-hydrogen) atoms. The van der Waals surface area contributed by atoms with Crippen LogP contribution in [0.2, 0.25) is 0 Å². The van der Waals surface area contributed by atoms with Crippen LogP contribution in [0.15, 0.2) is 10.9 Å². The maximum Gasteiger partial charge on any atom is 0.264 e. The summed E-state index contributed by atoms with van der Waals surface area (Å²) in [5.74, 6) is 0. The maximum absolute atomic E-state index is 10.7. The van der Waals surface area contributed by atoms with E-state index >= 15 is 0 Å². The molecule has 0 saturated carbocycles. The van der Waals surface area contributed by atoms with E-state index in [2.05, 4.69) is 10.4 Å². The lowest BCUT2D eigenvalue weighted by atomic mass is 10.4. The maximum atomic E-state index is 10.7. The topological polar surface area (TPSA) is 49.8 Å². The number of nitrogens with one attached hydrogen (secondary N) is 2. The van der Waals surface area contributed by atoms with E-state index < -0.39 is 0 Å². The summed E-state index contributed by atoms with van der Waals surface area (Å²) >= 11 is 0. The van der Waals surface area contributed by atoms with Gasteiger partial charge in [0, 0.05) is 19.7 Å². The molecule has 4 heteroatoms. The van der Waals surface area contributed by atoms with Crippen LogP contribution in [0.3, 0.4) is 0 Å². The van der Waals surface area contributed by atoms with Crippen LogP contribution in [0, 0.1) is 0 Å². The molecule has 0 aliphatic rings. The average Bonchev–Trinajstić information content (AvgIpc) is 2.13. The van der Waals surface area contributed by atoms with Gasteiger partial charge < -0.3 is 5.32 Å². The average molecular weight is 141 g/mol. The monoisotopic (exact) mass is 141 g/mol. The molecule has 0 aliphatic heterocycles. The number of aryl methyl sites for hydroxylation is 1. The predicted octanol–water partition coefficient (Wildman–Crippen LogP) is -0.567. The molecule has 0 radical (unpaired) electrons. The van der Waals surface area contributed by atoms with E-state index in [1.807, 2.05) is 14.1 Å². The number of hydrogen-bond donors (Lipinski definition) is 2. The first-order valence-electron chi connectivity index (χ1n) is 3.13. The van der Waals surface area contributed by atoms with E-state index in [-0.39, 0.29) is 5.56 Å². The van der Waals surface area contributed by atoms with Crippen molar-refractivity contribution in [3.8, 4) is 0 Å². The minimum Gasteiger partial charge on any atom is -0.314 e. The van der Waals surface area contributed by atoms with Gasteiger partial charge in [0.05, 0.1) is 5.69 Å². The molecule has 0 saturated heterocycles. The largest absolute Gasteiger partial charge is 0.314 e. The molecule has 56 valence electrons. The molecule has 0 bridgehead atoms. The van der Waals surface area contributed by atoms with E-state index in [1.54, 1.807) is 10.7 Å². The molecule has 0 fully saturated rings. The lowest BCUT2D eigenvalue weighted by molar-refractivity contribution is 0.668. The number of aromatic amines is 1. The summed E-state index contributed by atoms with van der Waals surface area (Å²) < 4.78 is 1.71. The Balaban J connectivity index is 2.92. The number of rotatable bonds is 2. The van der Waals surface area contributed by atoms with Gasteiger partial charge in [0.25, 0.3) is 5.56 Å². The minimum atomic E-state index is -0.0484. The summed E-state index contributed by atoms with van der Waals surface area (Å²) in [6.07, 6.45) is 0. The third kappa shape index (κ3) is 1.27. The first-order chi connectivity index (χ1) is 4.74. The van der Waals surface area contributed by atoms with Crippen molar-refractivity contribution >= 4 is 0 Å². The van der Waals surface area contributed by atoms with Gasteiger partial charge in [0.1, 0.15) is 0 Å². The smallest absolute Gasteiger partial charge is 0.264 e. The Morgan fingerprint density at radius 3 is 2.90 bits per heavy atom. The molecule has 1 heterocycles. The second kappa shape index (κ2) is 2.70. The highest BCUT2D eigenvalue weighted by molar-refractivity contribution is 4.99. The van der Waals surface area contributed by atoms with E-state index in [0.717, 1.165) is 12.2 Å². The first kappa shape index (κ1) is 7.08. The Labute approximate surface area is 58.8 Å². The zero-order valence-corrected chi connectivity index (χ0v) is 6.14. The van der Waals surface area contributed by atoms with Crippen LogP contribution in [-0.2, 0) is 13.6 Å². The lowest BCUT2D eigenvalue weighted by Crippen LogP contribution is -2.09. The highest BCUT2D eigenvalue weighted by Crippen LogP contribution is 1.88. The van der Waals surface area contributed by atoms with Crippen LogP contribution in [0.25, 0.3) is 0 Å². The fourth-order valence-electron chi connectivity index (χ4n) is 0.868. The van der Waals surface area contributed by atoms with Crippen molar-refractivity contribution in [2.45, 2.75) is 6.54 Å². The number of nitrogens with zero attached hydrogens (tertiary/aromatic N) is 1. The van der Waals surface area contributed by atoms with Gasteiger partial charge in [0.15, 0.2) is 0 Å². The highest BCUT2D eigenvalue weighted by Gasteiger charge is 1.96. The normalized spacial score (nSPS) is 10.2. The SMILES string of the molecule is CNCc1cc(=O)[nH]n1C. The predicted molar refractivity (Wildman–Crippen MR) is 38.8 cm³/mol. The Morgan fingerprint density at radius 2 is 2.50 bits per heavy atom. The van der Waals surface area contributed by atoms with Gasteiger partial charge in [-0.05, 0) is 7.05 Å².